The van der Waals surface area contributed by atoms with E-state index in [2.05, 4.69) is 108 Å². The maximum Gasteiger partial charge on any atom is 0.151 e. The number of para-hydroxylation sites is 8. The van der Waals surface area contributed by atoms with E-state index in [0.717, 1.165) is 128 Å². The van der Waals surface area contributed by atoms with Crippen LogP contribution in [0.1, 0.15) is 5.56 Å². The van der Waals surface area contributed by atoms with Crippen molar-refractivity contribution in [2.75, 3.05) is 9.80 Å². The molecule has 6 nitrogen and oxygen atoms in total. The van der Waals surface area contributed by atoms with Crippen LogP contribution in [0, 0.1) is 6.92 Å². The lowest BCUT2D eigenvalue weighted by molar-refractivity contribution is 0.477. The molecule has 0 atom stereocenters. The van der Waals surface area contributed by atoms with E-state index in [-0.39, 0.29) is 0 Å². The summed E-state index contributed by atoms with van der Waals surface area (Å²) < 4.78 is 26.1. The lowest BCUT2D eigenvalue weighted by Crippen LogP contribution is -2.15. The fraction of sp³-hybridized carbons (Fsp3) is 0.0196. The number of rotatable bonds is 2. The fourth-order valence-corrected chi connectivity index (χ4v) is 9.03. The van der Waals surface area contributed by atoms with E-state index in [1.807, 2.05) is 72.8 Å². The molecule has 0 amide bonds. The van der Waals surface area contributed by atoms with Crippen molar-refractivity contribution in [2.45, 2.75) is 6.92 Å². The second kappa shape index (κ2) is 11.2. The average Bonchev–Trinajstić information content (AvgIpc) is 3.80. The molecule has 2 aliphatic heterocycles. The number of hydrogen-bond donors (Lipinski definition) is 0. The van der Waals surface area contributed by atoms with E-state index in [1.54, 1.807) is 0 Å². The first-order chi connectivity index (χ1) is 28.1. The quantitative estimate of drug-likeness (QED) is 0.176. The Morgan fingerprint density at radius 2 is 0.807 bits per heavy atom. The molecule has 2 aromatic heterocycles. The van der Waals surface area contributed by atoms with Gasteiger partial charge in [0.15, 0.2) is 23.0 Å². The van der Waals surface area contributed by atoms with Crippen molar-refractivity contribution < 1.29 is 18.3 Å². The van der Waals surface area contributed by atoms with Crippen LogP contribution in [0.15, 0.2) is 173 Å². The average molecular weight is 735 g/mol. The SMILES string of the molecule is Cc1cc2c3cc4ccc(N5c6ccccc6Oc6ccccc65)cc4cc3oc2c2c1oc1cc3cc(N4c5ccccc5Oc5ccccc54)ccc3cc12. The molecule has 4 heterocycles. The smallest absolute Gasteiger partial charge is 0.151 e. The zero-order valence-electron chi connectivity index (χ0n) is 30.6. The predicted molar refractivity (Wildman–Crippen MR) is 230 cm³/mol. The third-order valence-electron chi connectivity index (χ3n) is 11.6. The van der Waals surface area contributed by atoms with Crippen molar-refractivity contribution in [3.8, 4) is 23.0 Å². The Balaban J connectivity index is 0.963. The Labute approximate surface area is 325 Å². The summed E-state index contributed by atoms with van der Waals surface area (Å²) in [5, 5.41) is 8.67. The monoisotopic (exact) mass is 734 g/mol. The summed E-state index contributed by atoms with van der Waals surface area (Å²) in [5.74, 6) is 3.32. The lowest BCUT2D eigenvalue weighted by Gasteiger charge is -2.32. The second-order valence-corrected chi connectivity index (χ2v) is 15.0. The molecule has 0 N–H and O–H groups in total. The fourth-order valence-electron chi connectivity index (χ4n) is 9.03. The van der Waals surface area contributed by atoms with Gasteiger partial charge in [0, 0.05) is 27.5 Å². The highest BCUT2D eigenvalue weighted by Gasteiger charge is 2.28. The van der Waals surface area contributed by atoms with Crippen molar-refractivity contribution >= 4 is 99.5 Å². The molecule has 0 fully saturated rings. The molecule has 13 rings (SSSR count). The van der Waals surface area contributed by atoms with Gasteiger partial charge in [-0.05, 0) is 137 Å². The summed E-state index contributed by atoms with van der Waals surface area (Å²) in [6.45, 7) is 2.12. The first-order valence-corrected chi connectivity index (χ1v) is 19.1. The van der Waals surface area contributed by atoms with Crippen LogP contribution >= 0.6 is 0 Å². The highest BCUT2D eigenvalue weighted by molar-refractivity contribution is 6.25. The number of nitrogens with zero attached hydrogens (tertiary/aromatic N) is 2. The molecule has 0 aliphatic carbocycles. The standard InChI is InChI=1S/C51H30N2O4/c1-29-22-37-36-25-30-18-20-34(52-39-10-2-6-14-43(39)54-44-15-7-3-11-40(44)52)23-32(30)27-47(36)57-51(37)49-38-26-31-19-21-35(24-33(31)28-48(38)56-50(29)49)53-41-12-4-8-16-45(41)55-46-17-9-5-13-42(46)53/h2-28H,1H3. The maximum absolute atomic E-state index is 6.86. The van der Waals surface area contributed by atoms with E-state index < -0.39 is 0 Å². The molecule has 57 heavy (non-hydrogen) atoms. The Kier molecular flexibility index (Phi) is 6.00. The van der Waals surface area contributed by atoms with Gasteiger partial charge in [-0.2, -0.15) is 0 Å². The van der Waals surface area contributed by atoms with Gasteiger partial charge in [0.05, 0.1) is 28.1 Å². The van der Waals surface area contributed by atoms with Gasteiger partial charge >= 0.3 is 0 Å². The zero-order chi connectivity index (χ0) is 37.4. The number of anilines is 6. The van der Waals surface area contributed by atoms with Crippen LogP contribution in [-0.4, -0.2) is 0 Å². The number of furan rings is 2. The van der Waals surface area contributed by atoms with Gasteiger partial charge < -0.3 is 28.1 Å². The minimum absolute atomic E-state index is 0.828. The van der Waals surface area contributed by atoms with Crippen molar-refractivity contribution in [1.82, 2.24) is 0 Å². The van der Waals surface area contributed by atoms with Gasteiger partial charge in [0.2, 0.25) is 0 Å². The van der Waals surface area contributed by atoms with Crippen LogP contribution in [-0.2, 0) is 0 Å². The minimum atomic E-state index is 0.828. The third kappa shape index (κ3) is 4.35. The topological polar surface area (TPSA) is 51.2 Å². The number of aryl methyl sites for hydroxylation is 1. The first kappa shape index (κ1) is 30.6. The van der Waals surface area contributed by atoms with Gasteiger partial charge in [-0.1, -0.05) is 60.7 Å². The van der Waals surface area contributed by atoms with Gasteiger partial charge in [-0.3, -0.25) is 0 Å². The molecule has 0 bridgehead atoms. The maximum atomic E-state index is 6.86. The molecule has 2 aliphatic rings. The van der Waals surface area contributed by atoms with Crippen LogP contribution in [0.3, 0.4) is 0 Å². The van der Waals surface area contributed by atoms with Crippen molar-refractivity contribution in [2.24, 2.45) is 0 Å². The van der Waals surface area contributed by atoms with E-state index in [4.69, 9.17) is 18.3 Å². The molecule has 0 spiro atoms. The summed E-state index contributed by atoms with van der Waals surface area (Å²) in [7, 11) is 0. The lowest BCUT2D eigenvalue weighted by atomic mass is 10.0. The summed E-state index contributed by atoms with van der Waals surface area (Å²) >= 11 is 0. The Morgan fingerprint density at radius 1 is 0.368 bits per heavy atom. The molecule has 0 saturated heterocycles. The molecule has 268 valence electrons. The zero-order valence-corrected chi connectivity index (χ0v) is 30.6. The predicted octanol–water partition coefficient (Wildman–Crippen LogP) is 15.3. The van der Waals surface area contributed by atoms with E-state index in [9.17, 15) is 0 Å². The number of fused-ring (bicyclic) bond motifs is 13. The van der Waals surface area contributed by atoms with Crippen LogP contribution in [0.25, 0.3) is 65.4 Å². The second-order valence-electron chi connectivity index (χ2n) is 15.0. The number of hydrogen-bond acceptors (Lipinski definition) is 6. The normalized spacial score (nSPS) is 13.2. The Morgan fingerprint density at radius 3 is 1.32 bits per heavy atom. The molecule has 0 saturated carbocycles. The molecule has 9 aromatic carbocycles. The molecular formula is C51H30N2O4. The van der Waals surface area contributed by atoms with Crippen LogP contribution < -0.4 is 19.3 Å². The number of ether oxygens (including phenoxy) is 2. The van der Waals surface area contributed by atoms with E-state index >= 15 is 0 Å². The summed E-state index contributed by atoms with van der Waals surface area (Å²) in [6.07, 6.45) is 0. The molecule has 0 unspecified atom stereocenters. The van der Waals surface area contributed by atoms with Gasteiger partial charge in [-0.25, -0.2) is 0 Å². The summed E-state index contributed by atoms with van der Waals surface area (Å²) in [5.41, 5.74) is 10.6. The highest BCUT2D eigenvalue weighted by atomic mass is 16.5. The first-order valence-electron chi connectivity index (χ1n) is 19.1. The largest absolute Gasteiger partial charge is 0.456 e. The third-order valence-corrected chi connectivity index (χ3v) is 11.6. The van der Waals surface area contributed by atoms with Crippen LogP contribution in [0.4, 0.5) is 34.1 Å². The van der Waals surface area contributed by atoms with Crippen LogP contribution in [0.2, 0.25) is 0 Å². The molecule has 11 aromatic rings. The Hall–Kier alpha value is -7.70. The Bertz CT molecular complexity index is 3430. The molecule has 0 radical (unpaired) electrons. The van der Waals surface area contributed by atoms with E-state index in [0.29, 0.717) is 0 Å². The summed E-state index contributed by atoms with van der Waals surface area (Å²) in [4.78, 5) is 4.54. The van der Waals surface area contributed by atoms with Crippen molar-refractivity contribution in [3.63, 3.8) is 0 Å². The van der Waals surface area contributed by atoms with Crippen molar-refractivity contribution in [3.05, 3.63) is 169 Å². The molecule has 6 heteroatoms. The highest BCUT2D eigenvalue weighted by Crippen LogP contribution is 2.52. The van der Waals surface area contributed by atoms with Crippen molar-refractivity contribution in [1.29, 1.82) is 0 Å². The van der Waals surface area contributed by atoms with E-state index in [1.165, 1.54) is 0 Å². The van der Waals surface area contributed by atoms with Gasteiger partial charge in [0.1, 0.15) is 22.3 Å². The van der Waals surface area contributed by atoms with Crippen LogP contribution in [0.5, 0.6) is 23.0 Å². The van der Waals surface area contributed by atoms with Gasteiger partial charge in [0.25, 0.3) is 0 Å². The summed E-state index contributed by atoms with van der Waals surface area (Å²) in [6, 6.07) is 57.0. The molecular weight excluding hydrogens is 705 g/mol. The van der Waals surface area contributed by atoms with Gasteiger partial charge in [-0.15, -0.1) is 0 Å². The minimum Gasteiger partial charge on any atom is -0.456 e. The number of benzene rings is 9.